The highest BCUT2D eigenvalue weighted by atomic mass is 35.5. The first-order chi connectivity index (χ1) is 15.3. The molecule has 0 radical (unpaired) electrons. The number of furan rings is 1. The summed E-state index contributed by atoms with van der Waals surface area (Å²) in [6.07, 6.45) is 0. The van der Waals surface area contributed by atoms with Gasteiger partial charge in [-0.25, -0.2) is 0 Å². The minimum Gasteiger partial charge on any atom is -0.507 e. The van der Waals surface area contributed by atoms with E-state index < -0.39 is 17.7 Å². The number of nitrogens with zero attached hydrogens (tertiary/aromatic N) is 1. The third-order valence-electron chi connectivity index (χ3n) is 5.28. The number of carbonyl (C=O) groups is 2. The van der Waals surface area contributed by atoms with Crippen LogP contribution in [0.15, 0.2) is 64.6 Å². The van der Waals surface area contributed by atoms with Gasteiger partial charge in [-0.3, -0.25) is 9.59 Å². The Morgan fingerprint density at radius 3 is 2.38 bits per heavy atom. The van der Waals surface area contributed by atoms with Crippen molar-refractivity contribution in [3.63, 3.8) is 0 Å². The van der Waals surface area contributed by atoms with Crippen molar-refractivity contribution in [2.75, 3.05) is 7.11 Å². The molecular weight excluding hydrogens is 453 g/mol. The number of aliphatic hydroxyl groups excluding tert-OH is 1. The van der Waals surface area contributed by atoms with E-state index in [-0.39, 0.29) is 28.5 Å². The van der Waals surface area contributed by atoms with Gasteiger partial charge in [-0.2, -0.15) is 0 Å². The molecule has 1 N–H and O–H groups in total. The number of carbonyl (C=O) groups excluding carboxylic acids is 2. The summed E-state index contributed by atoms with van der Waals surface area (Å²) >= 11 is 12.1. The number of likely N-dealkylation sites (tertiary alicyclic amines) is 1. The summed E-state index contributed by atoms with van der Waals surface area (Å²) in [7, 11) is 1.57. The number of methoxy groups -OCH3 is 1. The number of hydrogen-bond acceptors (Lipinski definition) is 5. The van der Waals surface area contributed by atoms with Crippen LogP contribution in [0.5, 0.6) is 5.75 Å². The zero-order chi connectivity index (χ0) is 23.0. The highest BCUT2D eigenvalue weighted by Crippen LogP contribution is 2.41. The van der Waals surface area contributed by atoms with Gasteiger partial charge in [0.2, 0.25) is 0 Å². The largest absolute Gasteiger partial charge is 0.507 e. The Morgan fingerprint density at radius 2 is 1.78 bits per heavy atom. The summed E-state index contributed by atoms with van der Waals surface area (Å²) in [6, 6.07) is 14.2. The van der Waals surface area contributed by atoms with E-state index in [1.165, 1.54) is 23.1 Å². The van der Waals surface area contributed by atoms with Gasteiger partial charge in [-0.15, -0.1) is 0 Å². The average Bonchev–Trinajstić information content (AvgIpc) is 3.32. The van der Waals surface area contributed by atoms with E-state index in [0.29, 0.717) is 22.3 Å². The summed E-state index contributed by atoms with van der Waals surface area (Å²) in [4.78, 5) is 27.4. The Hall–Kier alpha value is -3.22. The maximum absolute atomic E-state index is 13.0. The second-order valence-electron chi connectivity index (χ2n) is 7.35. The van der Waals surface area contributed by atoms with Crippen molar-refractivity contribution < 1.29 is 23.8 Å². The molecule has 1 aliphatic heterocycles. The molecule has 2 heterocycles. The number of benzene rings is 2. The number of halogens is 2. The molecule has 4 rings (SSSR count). The van der Waals surface area contributed by atoms with E-state index in [9.17, 15) is 14.7 Å². The summed E-state index contributed by atoms with van der Waals surface area (Å²) in [5, 5.41) is 11.6. The first kappa shape index (κ1) is 22.0. The Balaban J connectivity index is 1.82. The fraction of sp³-hybridized carbons (Fsp3) is 0.167. The van der Waals surface area contributed by atoms with Gasteiger partial charge >= 0.3 is 0 Å². The molecule has 1 aromatic heterocycles. The number of aryl methyl sites for hydroxylation is 1. The monoisotopic (exact) mass is 471 g/mol. The lowest BCUT2D eigenvalue weighted by atomic mass is 9.99. The Morgan fingerprint density at radius 1 is 1.06 bits per heavy atom. The van der Waals surface area contributed by atoms with Gasteiger partial charge in [-0.05, 0) is 55.0 Å². The standard InChI is InChI=1S/C24H19Cl2NO5/c1-13-3-10-19(32-13)21-20(22(28)15-6-9-17(25)18(26)11-15)23(29)24(30)27(21)12-14-4-7-16(31-2)8-5-14/h3-11,21,28H,12H2,1-2H3/b22-20-. The number of ketones is 1. The van der Waals surface area contributed by atoms with Gasteiger partial charge in [0.1, 0.15) is 29.1 Å². The van der Waals surface area contributed by atoms with Crippen molar-refractivity contribution >= 4 is 40.7 Å². The number of hydrogen-bond donors (Lipinski definition) is 1. The van der Waals surface area contributed by atoms with Crippen molar-refractivity contribution in [3.8, 4) is 5.75 Å². The molecule has 1 aliphatic rings. The molecule has 2 aromatic carbocycles. The van der Waals surface area contributed by atoms with Crippen molar-refractivity contribution in [1.82, 2.24) is 4.90 Å². The highest BCUT2D eigenvalue weighted by molar-refractivity contribution is 6.46. The van der Waals surface area contributed by atoms with Crippen LogP contribution < -0.4 is 4.74 Å². The molecule has 1 amide bonds. The molecule has 0 aliphatic carbocycles. The Kier molecular flexibility index (Phi) is 6.00. The van der Waals surface area contributed by atoms with Gasteiger partial charge < -0.3 is 19.2 Å². The van der Waals surface area contributed by atoms with E-state index in [4.69, 9.17) is 32.4 Å². The maximum Gasteiger partial charge on any atom is 0.296 e. The molecule has 164 valence electrons. The van der Waals surface area contributed by atoms with Crippen LogP contribution in [0.25, 0.3) is 5.76 Å². The Labute approximate surface area is 194 Å². The van der Waals surface area contributed by atoms with Crippen molar-refractivity contribution in [2.45, 2.75) is 19.5 Å². The number of Topliss-reactive ketones (excluding diaryl/α,β-unsaturated/α-hetero) is 1. The molecule has 1 fully saturated rings. The predicted octanol–water partition coefficient (Wildman–Crippen LogP) is 5.53. The topological polar surface area (TPSA) is 80.0 Å². The fourth-order valence-corrected chi connectivity index (χ4v) is 3.96. The zero-order valence-corrected chi connectivity index (χ0v) is 18.8. The first-order valence-corrected chi connectivity index (χ1v) is 10.5. The van der Waals surface area contributed by atoms with Crippen LogP contribution in [-0.2, 0) is 16.1 Å². The van der Waals surface area contributed by atoms with Crippen molar-refractivity contribution in [3.05, 3.63) is 92.9 Å². The van der Waals surface area contributed by atoms with Gasteiger partial charge in [0.25, 0.3) is 11.7 Å². The number of amides is 1. The van der Waals surface area contributed by atoms with Crippen LogP contribution in [0.4, 0.5) is 0 Å². The number of ether oxygens (including phenoxy) is 1. The molecule has 8 heteroatoms. The van der Waals surface area contributed by atoms with Crippen LogP contribution in [0.2, 0.25) is 10.0 Å². The summed E-state index contributed by atoms with van der Waals surface area (Å²) in [5.41, 5.74) is 0.988. The van der Waals surface area contributed by atoms with E-state index in [1.807, 2.05) is 12.1 Å². The lowest BCUT2D eigenvalue weighted by Gasteiger charge is -2.23. The van der Waals surface area contributed by atoms with E-state index in [1.54, 1.807) is 38.3 Å². The number of aliphatic hydroxyl groups is 1. The minimum atomic E-state index is -0.903. The lowest BCUT2D eigenvalue weighted by molar-refractivity contribution is -0.140. The van der Waals surface area contributed by atoms with Gasteiger partial charge in [0, 0.05) is 12.1 Å². The van der Waals surface area contributed by atoms with Gasteiger partial charge in [-0.1, -0.05) is 35.3 Å². The minimum absolute atomic E-state index is 0.0729. The fourth-order valence-electron chi connectivity index (χ4n) is 3.67. The molecule has 0 bridgehead atoms. The van der Waals surface area contributed by atoms with Crippen LogP contribution in [0.1, 0.15) is 28.7 Å². The summed E-state index contributed by atoms with van der Waals surface area (Å²) in [6.45, 7) is 1.90. The normalized spacial score (nSPS) is 17.8. The molecule has 1 saturated heterocycles. The second-order valence-corrected chi connectivity index (χ2v) is 8.17. The van der Waals surface area contributed by atoms with Crippen LogP contribution in [0.3, 0.4) is 0 Å². The van der Waals surface area contributed by atoms with Crippen LogP contribution in [-0.4, -0.2) is 28.8 Å². The molecule has 0 spiro atoms. The first-order valence-electron chi connectivity index (χ1n) is 9.73. The van der Waals surface area contributed by atoms with E-state index in [2.05, 4.69) is 0 Å². The quantitative estimate of drug-likeness (QED) is 0.300. The lowest BCUT2D eigenvalue weighted by Crippen LogP contribution is -2.29. The van der Waals surface area contributed by atoms with Gasteiger partial charge in [0.15, 0.2) is 0 Å². The van der Waals surface area contributed by atoms with Crippen LogP contribution >= 0.6 is 23.2 Å². The molecule has 3 aromatic rings. The molecule has 1 atom stereocenters. The maximum atomic E-state index is 13.0. The third kappa shape index (κ3) is 3.99. The molecule has 0 saturated carbocycles. The van der Waals surface area contributed by atoms with Crippen molar-refractivity contribution in [1.29, 1.82) is 0 Å². The molecule has 32 heavy (non-hydrogen) atoms. The smallest absolute Gasteiger partial charge is 0.296 e. The van der Waals surface area contributed by atoms with Gasteiger partial charge in [0.05, 0.1) is 22.7 Å². The predicted molar refractivity (Wildman–Crippen MR) is 121 cm³/mol. The third-order valence-corrected chi connectivity index (χ3v) is 6.01. The number of rotatable bonds is 5. The van der Waals surface area contributed by atoms with Crippen LogP contribution in [0, 0.1) is 6.92 Å². The van der Waals surface area contributed by atoms with E-state index in [0.717, 1.165) is 5.56 Å². The van der Waals surface area contributed by atoms with E-state index >= 15 is 0 Å². The molecule has 6 nitrogen and oxygen atoms in total. The Bertz CT molecular complexity index is 1230. The highest BCUT2D eigenvalue weighted by Gasteiger charge is 2.47. The molecule has 1 unspecified atom stereocenters. The molecular formula is C24H19Cl2NO5. The summed E-state index contributed by atoms with van der Waals surface area (Å²) in [5.74, 6) is -0.226. The summed E-state index contributed by atoms with van der Waals surface area (Å²) < 4.78 is 10.9. The second kappa shape index (κ2) is 8.73. The average molecular weight is 472 g/mol. The zero-order valence-electron chi connectivity index (χ0n) is 17.3. The van der Waals surface area contributed by atoms with Crippen molar-refractivity contribution in [2.24, 2.45) is 0 Å². The SMILES string of the molecule is COc1ccc(CN2C(=O)C(=O)/C(=C(\O)c3ccc(Cl)c(Cl)c3)C2c2ccc(C)o2)cc1.